The number of carbonyl (C=O) groups excluding carboxylic acids is 1. The number of amides is 1. The van der Waals surface area contributed by atoms with Crippen molar-refractivity contribution >= 4 is 32.9 Å². The summed E-state index contributed by atoms with van der Waals surface area (Å²) in [4.78, 5) is 17.2. The Hall–Kier alpha value is -2.92. The van der Waals surface area contributed by atoms with Gasteiger partial charge in [0.15, 0.2) is 0 Å². The van der Waals surface area contributed by atoms with E-state index in [-0.39, 0.29) is 5.91 Å². The summed E-state index contributed by atoms with van der Waals surface area (Å²) in [6, 6.07) is 23.9. The Labute approximate surface area is 172 Å². The largest absolute Gasteiger partial charge is 0.345 e. The fraction of sp³-hybridized carbons (Fsp3) is 0.130. The quantitative estimate of drug-likeness (QED) is 0.476. The fourth-order valence-corrected chi connectivity index (χ4v) is 3.44. The molecule has 0 bridgehead atoms. The molecule has 4 nitrogen and oxygen atoms in total. The molecule has 4 aromatic rings. The van der Waals surface area contributed by atoms with Crippen LogP contribution in [0.25, 0.3) is 11.0 Å². The van der Waals surface area contributed by atoms with Gasteiger partial charge in [-0.15, -0.1) is 0 Å². The van der Waals surface area contributed by atoms with Gasteiger partial charge in [-0.05, 0) is 48.9 Å². The fourth-order valence-electron chi connectivity index (χ4n) is 3.18. The van der Waals surface area contributed by atoms with Crippen LogP contribution in [0.1, 0.15) is 27.3 Å². The molecule has 0 atom stereocenters. The van der Waals surface area contributed by atoms with Crippen molar-refractivity contribution in [1.29, 1.82) is 0 Å². The van der Waals surface area contributed by atoms with Gasteiger partial charge in [-0.3, -0.25) is 4.79 Å². The Kier molecular flexibility index (Phi) is 5.26. The Morgan fingerprint density at radius 2 is 1.71 bits per heavy atom. The molecule has 140 valence electrons. The number of aryl methyl sites for hydroxylation is 1. The lowest BCUT2D eigenvalue weighted by Gasteiger charge is -2.11. The molecule has 0 spiro atoms. The normalized spacial score (nSPS) is 10.9. The number of hydrogen-bond acceptors (Lipinski definition) is 2. The Morgan fingerprint density at radius 1 is 1.00 bits per heavy atom. The van der Waals surface area contributed by atoms with E-state index in [1.165, 1.54) is 5.56 Å². The van der Waals surface area contributed by atoms with E-state index in [9.17, 15) is 4.79 Å². The maximum atomic E-state index is 12.5. The summed E-state index contributed by atoms with van der Waals surface area (Å²) in [5.41, 5.74) is 4.95. The molecule has 1 aromatic heterocycles. The maximum Gasteiger partial charge on any atom is 0.251 e. The summed E-state index contributed by atoms with van der Waals surface area (Å²) in [5, 5.41) is 3.00. The number of imidazole rings is 1. The lowest BCUT2D eigenvalue weighted by Crippen LogP contribution is -2.24. The van der Waals surface area contributed by atoms with Crippen molar-refractivity contribution in [3.05, 3.63) is 99.8 Å². The summed E-state index contributed by atoms with van der Waals surface area (Å²) < 4.78 is 3.21. The molecule has 5 heteroatoms. The van der Waals surface area contributed by atoms with Crippen LogP contribution in [0.2, 0.25) is 0 Å². The van der Waals surface area contributed by atoms with Crippen LogP contribution < -0.4 is 5.32 Å². The first kappa shape index (κ1) is 18.4. The number of halogens is 1. The van der Waals surface area contributed by atoms with Gasteiger partial charge in [0.05, 0.1) is 17.6 Å². The van der Waals surface area contributed by atoms with Gasteiger partial charge in [0.2, 0.25) is 0 Å². The Morgan fingerprint density at radius 3 is 2.46 bits per heavy atom. The van der Waals surface area contributed by atoms with Gasteiger partial charge in [0.1, 0.15) is 5.82 Å². The average molecular weight is 434 g/mol. The minimum Gasteiger partial charge on any atom is -0.345 e. The smallest absolute Gasteiger partial charge is 0.251 e. The summed E-state index contributed by atoms with van der Waals surface area (Å²) in [6.07, 6.45) is 0. The van der Waals surface area contributed by atoms with E-state index in [1.54, 1.807) is 0 Å². The van der Waals surface area contributed by atoms with Gasteiger partial charge < -0.3 is 9.88 Å². The van der Waals surface area contributed by atoms with Gasteiger partial charge in [-0.25, -0.2) is 4.98 Å². The number of hydrogen-bond donors (Lipinski definition) is 1. The van der Waals surface area contributed by atoms with Crippen LogP contribution in [0.5, 0.6) is 0 Å². The van der Waals surface area contributed by atoms with Crippen LogP contribution in [0.3, 0.4) is 0 Å². The molecule has 0 aliphatic rings. The second kappa shape index (κ2) is 7.98. The van der Waals surface area contributed by atoms with Gasteiger partial charge in [-0.1, -0.05) is 57.9 Å². The molecule has 1 amide bonds. The van der Waals surface area contributed by atoms with Gasteiger partial charge in [0, 0.05) is 16.6 Å². The average Bonchev–Trinajstić information content (AvgIpc) is 3.06. The third-order valence-corrected chi connectivity index (χ3v) is 5.24. The summed E-state index contributed by atoms with van der Waals surface area (Å²) in [5.74, 6) is 0.742. The van der Waals surface area contributed by atoms with Gasteiger partial charge in [0.25, 0.3) is 5.91 Å². The second-order valence-corrected chi connectivity index (χ2v) is 7.69. The highest BCUT2D eigenvalue weighted by atomic mass is 79.9. The molecule has 0 unspecified atom stereocenters. The molecule has 3 aromatic carbocycles. The van der Waals surface area contributed by atoms with Crippen molar-refractivity contribution in [2.24, 2.45) is 0 Å². The van der Waals surface area contributed by atoms with Crippen molar-refractivity contribution in [2.75, 3.05) is 0 Å². The molecular formula is C23H20BrN3O. The highest BCUT2D eigenvalue weighted by Gasteiger charge is 2.13. The summed E-state index contributed by atoms with van der Waals surface area (Å²) in [6.45, 7) is 3.08. The number of nitrogens with zero attached hydrogens (tertiary/aromatic N) is 2. The summed E-state index contributed by atoms with van der Waals surface area (Å²) >= 11 is 3.48. The lowest BCUT2D eigenvalue weighted by atomic mass is 10.1. The third-order valence-electron chi connectivity index (χ3n) is 4.71. The molecule has 0 aliphatic carbocycles. The van der Waals surface area contributed by atoms with Crippen LogP contribution in [0, 0.1) is 6.92 Å². The standard InChI is InChI=1S/C23H20BrN3O/c1-16-6-10-18(11-7-16)23(28)25-14-22-26-20-4-2-3-5-21(20)27(22)15-17-8-12-19(24)13-9-17/h2-13H,14-15H2,1H3,(H,25,28). The predicted molar refractivity (Wildman–Crippen MR) is 115 cm³/mol. The minimum atomic E-state index is -0.0951. The first-order valence-corrected chi connectivity index (χ1v) is 9.93. The van der Waals surface area contributed by atoms with Crippen LogP contribution in [0.15, 0.2) is 77.3 Å². The van der Waals surface area contributed by atoms with E-state index in [1.807, 2.05) is 61.5 Å². The number of carbonyl (C=O) groups is 1. The number of fused-ring (bicyclic) bond motifs is 1. The molecule has 0 fully saturated rings. The van der Waals surface area contributed by atoms with Crippen molar-refractivity contribution in [2.45, 2.75) is 20.0 Å². The first-order valence-electron chi connectivity index (χ1n) is 9.13. The van der Waals surface area contributed by atoms with Crippen molar-refractivity contribution in [1.82, 2.24) is 14.9 Å². The van der Waals surface area contributed by atoms with E-state index in [4.69, 9.17) is 4.98 Å². The van der Waals surface area contributed by atoms with E-state index >= 15 is 0 Å². The number of benzene rings is 3. The minimum absolute atomic E-state index is 0.0951. The van der Waals surface area contributed by atoms with Crippen LogP contribution >= 0.6 is 15.9 Å². The van der Waals surface area contributed by atoms with E-state index < -0.39 is 0 Å². The van der Waals surface area contributed by atoms with Gasteiger partial charge in [-0.2, -0.15) is 0 Å². The number of rotatable bonds is 5. The third kappa shape index (κ3) is 3.99. The van der Waals surface area contributed by atoms with E-state index in [0.717, 1.165) is 26.9 Å². The Bertz CT molecular complexity index is 1120. The molecule has 4 rings (SSSR count). The zero-order valence-corrected chi connectivity index (χ0v) is 17.1. The number of aromatic nitrogens is 2. The van der Waals surface area contributed by atoms with E-state index in [0.29, 0.717) is 18.7 Å². The topological polar surface area (TPSA) is 46.9 Å². The van der Waals surface area contributed by atoms with Crippen LogP contribution in [-0.4, -0.2) is 15.5 Å². The van der Waals surface area contributed by atoms with Crippen LogP contribution in [-0.2, 0) is 13.1 Å². The zero-order valence-electron chi connectivity index (χ0n) is 15.5. The van der Waals surface area contributed by atoms with Gasteiger partial charge >= 0.3 is 0 Å². The van der Waals surface area contributed by atoms with E-state index in [2.05, 4.69) is 44.0 Å². The molecule has 0 radical (unpaired) electrons. The zero-order chi connectivity index (χ0) is 19.5. The predicted octanol–water partition coefficient (Wildman–Crippen LogP) is 5.09. The maximum absolute atomic E-state index is 12.5. The van der Waals surface area contributed by atoms with Crippen LogP contribution in [0.4, 0.5) is 0 Å². The second-order valence-electron chi connectivity index (χ2n) is 6.78. The van der Waals surface area contributed by atoms with Crippen molar-refractivity contribution < 1.29 is 4.79 Å². The monoisotopic (exact) mass is 433 g/mol. The molecule has 0 aliphatic heterocycles. The molecule has 1 heterocycles. The molecule has 0 saturated carbocycles. The number of para-hydroxylation sites is 2. The SMILES string of the molecule is Cc1ccc(C(=O)NCc2nc3ccccc3n2Cc2ccc(Br)cc2)cc1. The highest BCUT2D eigenvalue weighted by molar-refractivity contribution is 9.10. The molecule has 0 saturated heterocycles. The van der Waals surface area contributed by atoms with Crippen molar-refractivity contribution in [3.8, 4) is 0 Å². The molecule has 28 heavy (non-hydrogen) atoms. The highest BCUT2D eigenvalue weighted by Crippen LogP contribution is 2.19. The number of nitrogens with one attached hydrogen (secondary N) is 1. The first-order chi connectivity index (χ1) is 13.6. The molecular weight excluding hydrogens is 414 g/mol. The molecule has 1 N–H and O–H groups in total. The summed E-state index contributed by atoms with van der Waals surface area (Å²) in [7, 11) is 0. The lowest BCUT2D eigenvalue weighted by molar-refractivity contribution is 0.0949. The van der Waals surface area contributed by atoms with Crippen molar-refractivity contribution in [3.63, 3.8) is 0 Å². The Balaban J connectivity index is 1.60.